The highest BCUT2D eigenvalue weighted by atomic mass is 16.5. The second-order valence-corrected chi connectivity index (χ2v) is 4.69. The molecule has 2 aromatic rings. The van der Waals surface area contributed by atoms with Gasteiger partial charge in [0.25, 0.3) is 0 Å². The normalized spacial score (nSPS) is 15.8. The van der Waals surface area contributed by atoms with Crippen LogP contribution >= 0.6 is 0 Å². The monoisotopic (exact) mass is 266 g/mol. The van der Waals surface area contributed by atoms with Crippen LogP contribution in [0, 0.1) is 38.5 Å². The molecule has 3 rings (SSSR count). The molecular weight excluding hydrogens is 250 g/mol. The number of benzene rings is 1. The molecule has 3 heteroatoms. The van der Waals surface area contributed by atoms with Crippen LogP contribution in [0.2, 0.25) is 0 Å². The lowest BCUT2D eigenvalue weighted by Crippen LogP contribution is -2.03. The summed E-state index contributed by atoms with van der Waals surface area (Å²) in [6.45, 7) is 2.06. The Labute approximate surface area is 119 Å². The Hall–Kier alpha value is -1.77. The number of rotatable bonds is 3. The van der Waals surface area contributed by atoms with Crippen molar-refractivity contribution in [2.75, 3.05) is 14.2 Å². The van der Waals surface area contributed by atoms with Crippen molar-refractivity contribution in [2.24, 2.45) is 0 Å². The van der Waals surface area contributed by atoms with Crippen LogP contribution in [0.25, 0.3) is 10.9 Å². The molecule has 20 heavy (non-hydrogen) atoms. The fraction of sp³-hybridized carbons (Fsp3) is 0.176. The SMILES string of the molecule is COc1ccc(OC)c2nc([C]3[CH][CH][CH][CH]3)c(C)cc12. The van der Waals surface area contributed by atoms with Crippen LogP contribution in [0.3, 0.4) is 0 Å². The van der Waals surface area contributed by atoms with Gasteiger partial charge in [-0.3, -0.25) is 0 Å². The van der Waals surface area contributed by atoms with Gasteiger partial charge in [0.1, 0.15) is 17.0 Å². The summed E-state index contributed by atoms with van der Waals surface area (Å²) < 4.78 is 10.8. The van der Waals surface area contributed by atoms with E-state index in [4.69, 9.17) is 14.5 Å². The molecule has 0 N–H and O–H groups in total. The summed E-state index contributed by atoms with van der Waals surface area (Å²) in [4.78, 5) is 4.79. The van der Waals surface area contributed by atoms with Crippen LogP contribution in [0.5, 0.6) is 11.5 Å². The van der Waals surface area contributed by atoms with Gasteiger partial charge in [0.05, 0.1) is 19.9 Å². The number of hydrogen-bond donors (Lipinski definition) is 0. The number of nitrogens with zero attached hydrogens (tertiary/aromatic N) is 1. The van der Waals surface area contributed by atoms with E-state index < -0.39 is 0 Å². The molecule has 1 heterocycles. The number of ether oxygens (including phenoxy) is 2. The second-order valence-electron chi connectivity index (χ2n) is 4.69. The van der Waals surface area contributed by atoms with E-state index in [1.165, 1.54) is 0 Å². The molecule has 0 unspecified atom stereocenters. The molecule has 1 aromatic carbocycles. The lowest BCUT2D eigenvalue weighted by Gasteiger charge is -2.15. The molecular formula is C17H16NO2. The van der Waals surface area contributed by atoms with E-state index >= 15 is 0 Å². The predicted molar refractivity (Wildman–Crippen MR) is 79.1 cm³/mol. The molecule has 1 aromatic heterocycles. The van der Waals surface area contributed by atoms with Gasteiger partial charge in [0, 0.05) is 11.3 Å². The molecule has 0 spiro atoms. The van der Waals surface area contributed by atoms with E-state index in [1.807, 2.05) is 25.0 Å². The highest BCUT2D eigenvalue weighted by Crippen LogP contribution is 2.37. The van der Waals surface area contributed by atoms with E-state index in [9.17, 15) is 0 Å². The number of methoxy groups -OCH3 is 2. The standard InChI is InChI=1S/C17H16NO2/c1-11-10-13-14(19-2)8-9-15(20-3)17(13)18-16(11)12-6-4-5-7-12/h4-10H,1-3H3. The molecule has 0 atom stereocenters. The van der Waals surface area contributed by atoms with Crippen LogP contribution in [0.15, 0.2) is 18.2 Å². The molecule has 0 bridgehead atoms. The summed E-state index contributed by atoms with van der Waals surface area (Å²) >= 11 is 0. The first-order valence-corrected chi connectivity index (χ1v) is 6.49. The van der Waals surface area contributed by atoms with Gasteiger partial charge in [0.2, 0.25) is 0 Å². The van der Waals surface area contributed by atoms with E-state index in [1.54, 1.807) is 14.2 Å². The minimum absolute atomic E-state index is 0.758. The first-order chi connectivity index (χ1) is 9.74. The average molecular weight is 266 g/mol. The van der Waals surface area contributed by atoms with Crippen LogP contribution in [-0.2, 0) is 0 Å². The van der Waals surface area contributed by atoms with Crippen molar-refractivity contribution in [2.45, 2.75) is 6.92 Å². The summed E-state index contributed by atoms with van der Waals surface area (Å²) in [5, 5.41) is 0.972. The van der Waals surface area contributed by atoms with Crippen molar-refractivity contribution in [3.8, 4) is 11.5 Å². The van der Waals surface area contributed by atoms with Gasteiger partial charge in [-0.25, -0.2) is 4.98 Å². The second kappa shape index (κ2) is 5.31. The zero-order chi connectivity index (χ0) is 14.1. The summed E-state index contributed by atoms with van der Waals surface area (Å²) in [6.07, 6.45) is 8.16. The Morgan fingerprint density at radius 1 is 0.950 bits per heavy atom. The molecule has 1 saturated carbocycles. The zero-order valence-corrected chi connectivity index (χ0v) is 11.8. The van der Waals surface area contributed by atoms with Gasteiger partial charge in [-0.1, -0.05) is 0 Å². The van der Waals surface area contributed by atoms with Crippen molar-refractivity contribution >= 4 is 10.9 Å². The minimum atomic E-state index is 0.758. The molecule has 1 aliphatic carbocycles. The van der Waals surface area contributed by atoms with Crippen LogP contribution < -0.4 is 9.47 Å². The fourth-order valence-corrected chi connectivity index (χ4v) is 2.48. The molecule has 1 fully saturated rings. The number of aromatic nitrogens is 1. The van der Waals surface area contributed by atoms with Crippen molar-refractivity contribution in [1.82, 2.24) is 4.98 Å². The maximum absolute atomic E-state index is 5.42. The molecule has 3 nitrogen and oxygen atoms in total. The van der Waals surface area contributed by atoms with Crippen molar-refractivity contribution in [3.63, 3.8) is 0 Å². The Morgan fingerprint density at radius 2 is 1.60 bits per heavy atom. The quantitative estimate of drug-likeness (QED) is 0.854. The summed E-state index contributed by atoms with van der Waals surface area (Å²) in [5.74, 6) is 2.69. The van der Waals surface area contributed by atoms with E-state index in [2.05, 4.69) is 25.8 Å². The Bertz CT molecular complexity index is 630. The zero-order valence-electron chi connectivity index (χ0n) is 11.8. The van der Waals surface area contributed by atoms with Crippen molar-refractivity contribution < 1.29 is 9.47 Å². The number of hydrogen-bond acceptors (Lipinski definition) is 3. The lowest BCUT2D eigenvalue weighted by molar-refractivity contribution is 0.409. The molecule has 0 aliphatic heterocycles. The Morgan fingerprint density at radius 3 is 2.25 bits per heavy atom. The third kappa shape index (κ3) is 2.11. The number of pyridine rings is 1. The van der Waals surface area contributed by atoms with Crippen LogP contribution in [0.4, 0.5) is 0 Å². The highest BCUT2D eigenvalue weighted by molar-refractivity contribution is 5.91. The van der Waals surface area contributed by atoms with Crippen LogP contribution in [-0.4, -0.2) is 19.2 Å². The first-order valence-electron chi connectivity index (χ1n) is 6.49. The highest BCUT2D eigenvalue weighted by Gasteiger charge is 2.23. The summed E-state index contributed by atoms with van der Waals surface area (Å²) in [6, 6.07) is 5.90. The molecule has 0 saturated heterocycles. The Balaban J connectivity index is 2.22. The Kier molecular flexibility index (Phi) is 3.51. The maximum Gasteiger partial charge on any atom is 0.145 e. The summed E-state index contributed by atoms with van der Waals surface area (Å²) in [7, 11) is 3.33. The first kappa shape index (κ1) is 13.2. The van der Waals surface area contributed by atoms with E-state index in [-0.39, 0.29) is 0 Å². The largest absolute Gasteiger partial charge is 0.496 e. The van der Waals surface area contributed by atoms with Crippen LogP contribution in [0.1, 0.15) is 11.3 Å². The average Bonchev–Trinajstić information content (AvgIpc) is 2.99. The number of aryl methyl sites for hydroxylation is 1. The topological polar surface area (TPSA) is 31.4 Å². The molecule has 1 aliphatic rings. The fourth-order valence-electron chi connectivity index (χ4n) is 2.48. The smallest absolute Gasteiger partial charge is 0.145 e. The maximum atomic E-state index is 5.42. The molecule has 101 valence electrons. The van der Waals surface area contributed by atoms with Crippen molar-refractivity contribution in [1.29, 1.82) is 0 Å². The van der Waals surface area contributed by atoms with Gasteiger partial charge < -0.3 is 9.47 Å². The van der Waals surface area contributed by atoms with Gasteiger partial charge in [-0.15, -0.1) is 0 Å². The minimum Gasteiger partial charge on any atom is -0.496 e. The predicted octanol–water partition coefficient (Wildman–Crippen LogP) is 3.31. The lowest BCUT2D eigenvalue weighted by atomic mass is 9.97. The van der Waals surface area contributed by atoms with Gasteiger partial charge in [-0.05, 0) is 56.4 Å². The third-order valence-electron chi connectivity index (χ3n) is 3.47. The summed E-state index contributed by atoms with van der Waals surface area (Å²) in [5.41, 5.74) is 2.93. The van der Waals surface area contributed by atoms with Gasteiger partial charge >= 0.3 is 0 Å². The molecule has 0 amide bonds. The van der Waals surface area contributed by atoms with E-state index in [0.29, 0.717) is 0 Å². The molecule has 5 radical (unpaired) electrons. The number of fused-ring (bicyclic) bond motifs is 1. The van der Waals surface area contributed by atoms with E-state index in [0.717, 1.165) is 39.6 Å². The van der Waals surface area contributed by atoms with Crippen molar-refractivity contribution in [3.05, 3.63) is 61.1 Å². The third-order valence-corrected chi connectivity index (χ3v) is 3.47. The van der Waals surface area contributed by atoms with Gasteiger partial charge in [0.15, 0.2) is 0 Å². The van der Waals surface area contributed by atoms with Gasteiger partial charge in [-0.2, -0.15) is 0 Å².